The standard InChI is InChI=1S/C14H17ClN4OS/c1-20-8-7-16-14(21)17-13-12(15)10-19(18-13)9-11-5-3-2-4-6-11/h2-6,10H,7-9H2,1H3,(H2,16,17,18,21). The van der Waals surface area contributed by atoms with E-state index in [0.29, 0.717) is 35.6 Å². The second kappa shape index (κ2) is 7.97. The summed E-state index contributed by atoms with van der Waals surface area (Å²) in [6, 6.07) is 10.1. The van der Waals surface area contributed by atoms with Crippen LogP contribution in [0.2, 0.25) is 5.02 Å². The Kier molecular flexibility index (Phi) is 5.98. The molecule has 0 aliphatic heterocycles. The van der Waals surface area contributed by atoms with Crippen molar-refractivity contribution in [2.45, 2.75) is 6.54 Å². The van der Waals surface area contributed by atoms with Crippen LogP contribution in [0, 0.1) is 0 Å². The van der Waals surface area contributed by atoms with Crippen LogP contribution in [0.3, 0.4) is 0 Å². The summed E-state index contributed by atoms with van der Waals surface area (Å²) in [7, 11) is 1.64. The summed E-state index contributed by atoms with van der Waals surface area (Å²) in [4.78, 5) is 0. The van der Waals surface area contributed by atoms with E-state index >= 15 is 0 Å². The third-order valence-corrected chi connectivity index (χ3v) is 3.25. The van der Waals surface area contributed by atoms with Crippen molar-refractivity contribution in [1.29, 1.82) is 0 Å². The highest BCUT2D eigenvalue weighted by molar-refractivity contribution is 7.80. The minimum atomic E-state index is 0.471. The Hall–Kier alpha value is -1.63. The van der Waals surface area contributed by atoms with Gasteiger partial charge in [0.15, 0.2) is 10.9 Å². The van der Waals surface area contributed by atoms with Crippen LogP contribution in [0.1, 0.15) is 5.56 Å². The van der Waals surface area contributed by atoms with Crippen LogP contribution in [-0.4, -0.2) is 35.2 Å². The number of halogens is 1. The lowest BCUT2D eigenvalue weighted by Gasteiger charge is -2.08. The number of aromatic nitrogens is 2. The molecular formula is C14H17ClN4OS. The molecule has 0 bridgehead atoms. The van der Waals surface area contributed by atoms with Crippen molar-refractivity contribution in [1.82, 2.24) is 15.1 Å². The van der Waals surface area contributed by atoms with E-state index in [9.17, 15) is 0 Å². The molecule has 2 N–H and O–H groups in total. The third-order valence-electron chi connectivity index (χ3n) is 2.73. The second-order valence-corrected chi connectivity index (χ2v) is 5.20. The Labute approximate surface area is 134 Å². The molecule has 1 aromatic carbocycles. The number of benzene rings is 1. The van der Waals surface area contributed by atoms with E-state index in [-0.39, 0.29) is 0 Å². The van der Waals surface area contributed by atoms with Gasteiger partial charge in [-0.1, -0.05) is 41.9 Å². The summed E-state index contributed by atoms with van der Waals surface area (Å²) in [5.74, 6) is 0.544. The normalized spacial score (nSPS) is 10.4. The van der Waals surface area contributed by atoms with E-state index in [1.165, 1.54) is 0 Å². The molecule has 0 saturated heterocycles. The Morgan fingerprint density at radius 2 is 2.14 bits per heavy atom. The molecule has 1 aromatic heterocycles. The van der Waals surface area contributed by atoms with Gasteiger partial charge in [-0.3, -0.25) is 4.68 Å². The molecular weight excluding hydrogens is 308 g/mol. The number of methoxy groups -OCH3 is 1. The van der Waals surface area contributed by atoms with Crippen molar-refractivity contribution in [3.8, 4) is 0 Å². The maximum absolute atomic E-state index is 6.16. The van der Waals surface area contributed by atoms with Gasteiger partial charge in [0.05, 0.1) is 13.2 Å². The Bertz CT molecular complexity index is 588. The lowest BCUT2D eigenvalue weighted by molar-refractivity contribution is 0.204. The Morgan fingerprint density at radius 3 is 2.86 bits per heavy atom. The van der Waals surface area contributed by atoms with E-state index in [4.69, 9.17) is 28.6 Å². The van der Waals surface area contributed by atoms with Crippen LogP contribution < -0.4 is 10.6 Å². The van der Waals surface area contributed by atoms with Crippen LogP contribution in [-0.2, 0) is 11.3 Å². The van der Waals surface area contributed by atoms with Crippen LogP contribution in [0.15, 0.2) is 36.5 Å². The van der Waals surface area contributed by atoms with Gasteiger partial charge in [0.25, 0.3) is 0 Å². The minimum Gasteiger partial charge on any atom is -0.383 e. The lowest BCUT2D eigenvalue weighted by Crippen LogP contribution is -2.31. The van der Waals surface area contributed by atoms with Crippen molar-refractivity contribution < 1.29 is 4.74 Å². The summed E-state index contributed by atoms with van der Waals surface area (Å²) in [5.41, 5.74) is 1.16. The van der Waals surface area contributed by atoms with E-state index < -0.39 is 0 Å². The summed E-state index contributed by atoms with van der Waals surface area (Å²) in [6.07, 6.45) is 1.77. The largest absolute Gasteiger partial charge is 0.383 e. The van der Waals surface area contributed by atoms with Crippen molar-refractivity contribution >= 4 is 34.7 Å². The average molecular weight is 325 g/mol. The Balaban J connectivity index is 1.94. The van der Waals surface area contributed by atoms with Gasteiger partial charge < -0.3 is 15.4 Å². The topological polar surface area (TPSA) is 51.1 Å². The van der Waals surface area contributed by atoms with Crippen molar-refractivity contribution in [3.05, 3.63) is 47.1 Å². The zero-order chi connectivity index (χ0) is 15.1. The molecule has 0 aliphatic carbocycles. The quantitative estimate of drug-likeness (QED) is 0.631. The van der Waals surface area contributed by atoms with Crippen LogP contribution in [0.4, 0.5) is 5.82 Å². The molecule has 7 heteroatoms. The first-order valence-corrected chi connectivity index (χ1v) is 7.28. The first kappa shape index (κ1) is 15.8. The number of hydrogen-bond acceptors (Lipinski definition) is 3. The Morgan fingerprint density at radius 1 is 1.38 bits per heavy atom. The number of ether oxygens (including phenoxy) is 1. The number of nitrogens with zero attached hydrogens (tertiary/aromatic N) is 2. The highest BCUT2D eigenvalue weighted by Crippen LogP contribution is 2.19. The van der Waals surface area contributed by atoms with Gasteiger partial charge in [0.1, 0.15) is 5.02 Å². The maximum Gasteiger partial charge on any atom is 0.173 e. The molecule has 0 spiro atoms. The lowest BCUT2D eigenvalue weighted by atomic mass is 10.2. The van der Waals surface area contributed by atoms with Gasteiger partial charge >= 0.3 is 0 Å². The molecule has 21 heavy (non-hydrogen) atoms. The first-order valence-electron chi connectivity index (χ1n) is 6.49. The molecule has 112 valence electrons. The van der Waals surface area contributed by atoms with Crippen molar-refractivity contribution in [2.24, 2.45) is 0 Å². The first-order chi connectivity index (χ1) is 10.2. The smallest absolute Gasteiger partial charge is 0.173 e. The summed E-state index contributed by atoms with van der Waals surface area (Å²) in [6.45, 7) is 1.87. The number of nitrogens with one attached hydrogen (secondary N) is 2. The summed E-state index contributed by atoms with van der Waals surface area (Å²) >= 11 is 11.3. The number of anilines is 1. The molecule has 0 saturated carbocycles. The van der Waals surface area contributed by atoms with Crippen molar-refractivity contribution in [2.75, 3.05) is 25.6 Å². The molecule has 5 nitrogen and oxygen atoms in total. The molecule has 0 unspecified atom stereocenters. The number of thiocarbonyl (C=S) groups is 1. The van der Waals surface area contributed by atoms with Gasteiger partial charge in [-0.2, -0.15) is 5.10 Å². The monoisotopic (exact) mass is 324 g/mol. The van der Waals surface area contributed by atoms with Gasteiger partial charge in [0, 0.05) is 19.9 Å². The highest BCUT2D eigenvalue weighted by Gasteiger charge is 2.08. The SMILES string of the molecule is COCCNC(=S)Nc1nn(Cc2ccccc2)cc1Cl. The van der Waals surface area contributed by atoms with Gasteiger partial charge in [-0.05, 0) is 17.8 Å². The molecule has 0 radical (unpaired) electrons. The van der Waals surface area contributed by atoms with Gasteiger partial charge in [-0.25, -0.2) is 0 Å². The predicted octanol–water partition coefficient (Wildman–Crippen LogP) is 2.52. The fraction of sp³-hybridized carbons (Fsp3) is 0.286. The summed E-state index contributed by atoms with van der Waals surface area (Å²) < 4.78 is 6.72. The van der Waals surface area contributed by atoms with Crippen LogP contribution in [0.25, 0.3) is 0 Å². The van der Waals surface area contributed by atoms with E-state index in [2.05, 4.69) is 15.7 Å². The number of rotatable bonds is 6. The molecule has 0 fully saturated rings. The zero-order valence-electron chi connectivity index (χ0n) is 11.7. The van der Waals surface area contributed by atoms with Crippen LogP contribution in [0.5, 0.6) is 0 Å². The molecule has 0 aliphatic rings. The molecule has 1 heterocycles. The van der Waals surface area contributed by atoms with Gasteiger partial charge in [0.2, 0.25) is 0 Å². The van der Waals surface area contributed by atoms with E-state index in [1.54, 1.807) is 18.0 Å². The maximum atomic E-state index is 6.16. The predicted molar refractivity (Wildman–Crippen MR) is 88.9 cm³/mol. The van der Waals surface area contributed by atoms with E-state index in [0.717, 1.165) is 5.56 Å². The van der Waals surface area contributed by atoms with Crippen molar-refractivity contribution in [3.63, 3.8) is 0 Å². The average Bonchev–Trinajstić information content (AvgIpc) is 2.80. The van der Waals surface area contributed by atoms with Gasteiger partial charge in [-0.15, -0.1) is 0 Å². The second-order valence-electron chi connectivity index (χ2n) is 4.38. The number of hydrogen-bond donors (Lipinski definition) is 2. The fourth-order valence-corrected chi connectivity index (χ4v) is 2.15. The molecule has 0 atom stereocenters. The zero-order valence-corrected chi connectivity index (χ0v) is 13.2. The minimum absolute atomic E-state index is 0.471. The fourth-order valence-electron chi connectivity index (χ4n) is 1.75. The molecule has 0 amide bonds. The van der Waals surface area contributed by atoms with Crippen LogP contribution >= 0.6 is 23.8 Å². The molecule has 2 aromatic rings. The van der Waals surface area contributed by atoms with E-state index in [1.807, 2.05) is 30.3 Å². The molecule has 2 rings (SSSR count). The highest BCUT2D eigenvalue weighted by atomic mass is 35.5. The summed E-state index contributed by atoms with van der Waals surface area (Å²) in [5, 5.41) is 11.4. The third kappa shape index (κ3) is 5.00.